The van der Waals surface area contributed by atoms with Crippen molar-refractivity contribution in [3.05, 3.63) is 0 Å². The Labute approximate surface area is 85.9 Å². The Morgan fingerprint density at radius 1 is 1.50 bits per heavy atom. The maximum Gasteiger partial charge on any atom is 0.305 e. The van der Waals surface area contributed by atoms with Crippen molar-refractivity contribution in [1.29, 1.82) is 0 Å². The SMILES string of the molecule is CCNC1(CC(=O)O)CCC(C)CC1. The van der Waals surface area contributed by atoms with Crippen LogP contribution in [-0.2, 0) is 4.79 Å². The van der Waals surface area contributed by atoms with E-state index in [1.807, 2.05) is 6.92 Å². The molecule has 1 aliphatic rings. The van der Waals surface area contributed by atoms with Crippen LogP contribution in [0.3, 0.4) is 0 Å². The third-order valence-corrected chi connectivity index (χ3v) is 3.27. The van der Waals surface area contributed by atoms with Crippen LogP contribution in [0.2, 0.25) is 0 Å². The second-order valence-electron chi connectivity index (χ2n) is 4.56. The molecule has 82 valence electrons. The number of aliphatic carboxylic acids is 1. The molecule has 0 aromatic carbocycles. The van der Waals surface area contributed by atoms with Gasteiger partial charge in [0.2, 0.25) is 0 Å². The van der Waals surface area contributed by atoms with Gasteiger partial charge in [-0.05, 0) is 38.1 Å². The van der Waals surface area contributed by atoms with Crippen molar-refractivity contribution in [3.8, 4) is 0 Å². The van der Waals surface area contributed by atoms with E-state index in [1.165, 1.54) is 0 Å². The number of rotatable bonds is 4. The fourth-order valence-electron chi connectivity index (χ4n) is 2.40. The third kappa shape index (κ3) is 2.98. The van der Waals surface area contributed by atoms with E-state index in [-0.39, 0.29) is 12.0 Å². The van der Waals surface area contributed by atoms with E-state index < -0.39 is 5.97 Å². The van der Waals surface area contributed by atoms with Gasteiger partial charge in [0.15, 0.2) is 0 Å². The van der Waals surface area contributed by atoms with Crippen molar-refractivity contribution in [2.75, 3.05) is 6.54 Å². The Bertz CT molecular complexity index is 195. The molecule has 1 rings (SSSR count). The van der Waals surface area contributed by atoms with Crippen molar-refractivity contribution in [2.45, 2.75) is 51.5 Å². The molecule has 0 spiro atoms. The van der Waals surface area contributed by atoms with E-state index in [2.05, 4.69) is 12.2 Å². The van der Waals surface area contributed by atoms with Crippen LogP contribution in [-0.4, -0.2) is 23.2 Å². The van der Waals surface area contributed by atoms with E-state index in [1.54, 1.807) is 0 Å². The molecule has 0 aromatic heterocycles. The number of hydrogen-bond acceptors (Lipinski definition) is 2. The number of carboxylic acid groups (broad SMARTS) is 1. The first-order valence-electron chi connectivity index (χ1n) is 5.55. The standard InChI is InChI=1S/C11H21NO2/c1-3-12-11(8-10(13)14)6-4-9(2)5-7-11/h9,12H,3-8H2,1-2H3,(H,13,14). The highest BCUT2D eigenvalue weighted by molar-refractivity contribution is 5.68. The molecule has 3 heteroatoms. The first kappa shape index (κ1) is 11.5. The van der Waals surface area contributed by atoms with Crippen LogP contribution in [0.5, 0.6) is 0 Å². The van der Waals surface area contributed by atoms with Gasteiger partial charge >= 0.3 is 5.97 Å². The molecule has 0 saturated heterocycles. The molecule has 14 heavy (non-hydrogen) atoms. The molecule has 0 unspecified atom stereocenters. The minimum Gasteiger partial charge on any atom is -0.481 e. The molecule has 0 aliphatic heterocycles. The molecule has 0 bridgehead atoms. The molecule has 0 aromatic rings. The summed E-state index contributed by atoms with van der Waals surface area (Å²) in [6.07, 6.45) is 4.59. The van der Waals surface area contributed by atoms with Crippen molar-refractivity contribution < 1.29 is 9.90 Å². The highest BCUT2D eigenvalue weighted by atomic mass is 16.4. The summed E-state index contributed by atoms with van der Waals surface area (Å²) in [5.41, 5.74) is -0.118. The molecule has 2 N–H and O–H groups in total. The Morgan fingerprint density at radius 3 is 2.50 bits per heavy atom. The van der Waals surface area contributed by atoms with Gasteiger partial charge in [-0.15, -0.1) is 0 Å². The highest BCUT2D eigenvalue weighted by Crippen LogP contribution is 2.34. The van der Waals surface area contributed by atoms with Crippen LogP contribution in [0.15, 0.2) is 0 Å². The zero-order chi connectivity index (χ0) is 10.6. The van der Waals surface area contributed by atoms with Crippen LogP contribution in [0.25, 0.3) is 0 Å². The van der Waals surface area contributed by atoms with Crippen molar-refractivity contribution in [1.82, 2.24) is 5.32 Å². The predicted molar refractivity (Wildman–Crippen MR) is 56.3 cm³/mol. The van der Waals surface area contributed by atoms with Crippen LogP contribution in [0.1, 0.15) is 46.0 Å². The summed E-state index contributed by atoms with van der Waals surface area (Å²) in [5, 5.41) is 12.3. The number of carbonyl (C=O) groups is 1. The molecule has 0 amide bonds. The number of nitrogens with one attached hydrogen (secondary N) is 1. The van der Waals surface area contributed by atoms with E-state index in [0.29, 0.717) is 0 Å². The van der Waals surface area contributed by atoms with E-state index >= 15 is 0 Å². The lowest BCUT2D eigenvalue weighted by Gasteiger charge is -2.39. The van der Waals surface area contributed by atoms with E-state index in [0.717, 1.165) is 38.1 Å². The minimum atomic E-state index is -0.680. The molecule has 1 fully saturated rings. The van der Waals surface area contributed by atoms with Gasteiger partial charge in [-0.25, -0.2) is 0 Å². The van der Waals surface area contributed by atoms with Crippen LogP contribution in [0, 0.1) is 5.92 Å². The lowest BCUT2D eigenvalue weighted by atomic mass is 9.75. The van der Waals surface area contributed by atoms with Crippen LogP contribution in [0.4, 0.5) is 0 Å². The molecule has 1 saturated carbocycles. The zero-order valence-electron chi connectivity index (χ0n) is 9.18. The van der Waals surface area contributed by atoms with E-state index in [9.17, 15) is 4.79 Å². The second-order valence-corrected chi connectivity index (χ2v) is 4.56. The minimum absolute atomic E-state index is 0.118. The maximum atomic E-state index is 10.8. The van der Waals surface area contributed by atoms with Crippen molar-refractivity contribution >= 4 is 5.97 Å². The Morgan fingerprint density at radius 2 is 2.07 bits per heavy atom. The first-order chi connectivity index (χ1) is 6.58. The Kier molecular flexibility index (Phi) is 3.93. The summed E-state index contributed by atoms with van der Waals surface area (Å²) >= 11 is 0. The molecular formula is C11H21NO2. The van der Waals surface area contributed by atoms with Gasteiger partial charge in [0, 0.05) is 5.54 Å². The largest absolute Gasteiger partial charge is 0.481 e. The summed E-state index contributed by atoms with van der Waals surface area (Å²) < 4.78 is 0. The maximum absolute atomic E-state index is 10.8. The smallest absolute Gasteiger partial charge is 0.305 e. The van der Waals surface area contributed by atoms with Gasteiger partial charge in [0.1, 0.15) is 0 Å². The third-order valence-electron chi connectivity index (χ3n) is 3.27. The van der Waals surface area contributed by atoms with Crippen LogP contribution >= 0.6 is 0 Å². The number of hydrogen-bond donors (Lipinski definition) is 2. The monoisotopic (exact) mass is 199 g/mol. The average Bonchev–Trinajstić information content (AvgIpc) is 2.10. The molecule has 1 aliphatic carbocycles. The Balaban J connectivity index is 2.57. The summed E-state index contributed by atoms with van der Waals surface area (Å²) in [4.78, 5) is 10.8. The molecular weight excluding hydrogens is 178 g/mol. The van der Waals surface area contributed by atoms with Crippen molar-refractivity contribution in [2.24, 2.45) is 5.92 Å². The van der Waals surface area contributed by atoms with Gasteiger partial charge in [0.25, 0.3) is 0 Å². The normalized spacial score (nSPS) is 32.9. The van der Waals surface area contributed by atoms with Crippen molar-refractivity contribution in [3.63, 3.8) is 0 Å². The van der Waals surface area contributed by atoms with Crippen LogP contribution < -0.4 is 5.32 Å². The molecule has 0 radical (unpaired) electrons. The fourth-order valence-corrected chi connectivity index (χ4v) is 2.40. The van der Waals surface area contributed by atoms with Gasteiger partial charge in [-0.2, -0.15) is 0 Å². The second kappa shape index (κ2) is 4.78. The topological polar surface area (TPSA) is 49.3 Å². The molecule has 3 nitrogen and oxygen atoms in total. The van der Waals surface area contributed by atoms with Gasteiger partial charge in [-0.3, -0.25) is 4.79 Å². The fraction of sp³-hybridized carbons (Fsp3) is 0.909. The van der Waals surface area contributed by atoms with E-state index in [4.69, 9.17) is 5.11 Å². The molecule has 0 atom stereocenters. The highest BCUT2D eigenvalue weighted by Gasteiger charge is 2.35. The van der Waals surface area contributed by atoms with Gasteiger partial charge in [0.05, 0.1) is 6.42 Å². The summed E-state index contributed by atoms with van der Waals surface area (Å²) in [5.74, 6) is 0.0797. The summed E-state index contributed by atoms with van der Waals surface area (Å²) in [7, 11) is 0. The Hall–Kier alpha value is -0.570. The predicted octanol–water partition coefficient (Wildman–Crippen LogP) is 2.02. The average molecular weight is 199 g/mol. The number of carboxylic acids is 1. The lowest BCUT2D eigenvalue weighted by molar-refractivity contribution is -0.139. The first-order valence-corrected chi connectivity index (χ1v) is 5.55. The summed E-state index contributed by atoms with van der Waals surface area (Å²) in [6.45, 7) is 5.15. The molecule has 0 heterocycles. The lowest BCUT2D eigenvalue weighted by Crippen LogP contribution is -2.49. The summed E-state index contributed by atoms with van der Waals surface area (Å²) in [6, 6.07) is 0. The van der Waals surface area contributed by atoms with Gasteiger partial charge < -0.3 is 10.4 Å². The van der Waals surface area contributed by atoms with Gasteiger partial charge in [-0.1, -0.05) is 13.8 Å². The zero-order valence-corrected chi connectivity index (χ0v) is 9.18. The quantitative estimate of drug-likeness (QED) is 0.728.